The first-order valence-electron chi connectivity index (χ1n) is 13.3. The quantitative estimate of drug-likeness (QED) is 0.252. The van der Waals surface area contributed by atoms with Crippen LogP contribution in [0.15, 0.2) is 76.8 Å². The van der Waals surface area contributed by atoms with Crippen LogP contribution in [-0.2, 0) is 13.0 Å². The maximum atomic E-state index is 12.7. The van der Waals surface area contributed by atoms with Crippen LogP contribution >= 0.6 is 0 Å². The van der Waals surface area contributed by atoms with Gasteiger partial charge in [0.05, 0.1) is 0 Å². The number of nitrogens with zero attached hydrogens (tertiary/aromatic N) is 4. The molecule has 0 amide bonds. The Hall–Kier alpha value is -4.04. The molecule has 8 heteroatoms. The summed E-state index contributed by atoms with van der Waals surface area (Å²) >= 11 is 0. The predicted octanol–water partition coefficient (Wildman–Crippen LogP) is 4.64. The number of imidazole rings is 1. The Bertz CT molecular complexity index is 1490. The van der Waals surface area contributed by atoms with E-state index >= 15 is 0 Å². The molecule has 196 valence electrons. The summed E-state index contributed by atoms with van der Waals surface area (Å²) in [4.78, 5) is 34.3. The van der Waals surface area contributed by atoms with E-state index in [0.29, 0.717) is 11.4 Å². The Morgan fingerprint density at radius 2 is 1.71 bits per heavy atom. The largest absolute Gasteiger partial charge is 0.361 e. The van der Waals surface area contributed by atoms with Crippen molar-refractivity contribution in [3.05, 3.63) is 105 Å². The van der Waals surface area contributed by atoms with Crippen LogP contribution in [0.25, 0.3) is 22.5 Å². The first-order chi connectivity index (χ1) is 18.5. The number of aromatic amines is 2. The lowest BCUT2D eigenvalue weighted by molar-refractivity contribution is 0.177. The highest BCUT2D eigenvalue weighted by Crippen LogP contribution is 2.28. The molecule has 1 saturated heterocycles. The van der Waals surface area contributed by atoms with Crippen molar-refractivity contribution in [3.63, 3.8) is 0 Å². The summed E-state index contributed by atoms with van der Waals surface area (Å²) in [6.45, 7) is 8.58. The lowest BCUT2D eigenvalue weighted by Gasteiger charge is -2.32. The van der Waals surface area contributed by atoms with Crippen molar-refractivity contribution in [2.24, 2.45) is 0 Å². The van der Waals surface area contributed by atoms with E-state index in [0.717, 1.165) is 74.3 Å². The number of unbranched alkanes of at least 4 members (excludes halogenated alkanes) is 1. The van der Waals surface area contributed by atoms with Crippen molar-refractivity contribution >= 4 is 0 Å². The minimum Gasteiger partial charge on any atom is -0.310 e. The Labute approximate surface area is 222 Å². The van der Waals surface area contributed by atoms with Gasteiger partial charge in [0.2, 0.25) is 0 Å². The van der Waals surface area contributed by atoms with E-state index in [-0.39, 0.29) is 11.7 Å². The molecule has 1 aliphatic heterocycles. The molecule has 38 heavy (non-hydrogen) atoms. The number of H-pyrrole nitrogens is 2. The SMILES string of the molecule is C=CCCCc1[nH]c(=O)n(C2CCN(Cc3ccc(-c4n[nH]c(=O)nc4-c4ccccc4)cc3)CC2)c1C. The summed E-state index contributed by atoms with van der Waals surface area (Å²) in [6, 6.07) is 18.2. The van der Waals surface area contributed by atoms with Crippen LogP contribution in [0.5, 0.6) is 0 Å². The third-order valence-corrected chi connectivity index (χ3v) is 7.41. The van der Waals surface area contributed by atoms with Gasteiger partial charge in [0.15, 0.2) is 0 Å². The van der Waals surface area contributed by atoms with Crippen LogP contribution in [0.1, 0.15) is 48.7 Å². The normalized spacial score (nSPS) is 14.6. The number of aryl methyl sites for hydroxylation is 1. The van der Waals surface area contributed by atoms with Crippen molar-refractivity contribution < 1.29 is 0 Å². The smallest absolute Gasteiger partial charge is 0.310 e. The second-order valence-corrected chi connectivity index (χ2v) is 9.95. The number of hydrogen-bond donors (Lipinski definition) is 2. The van der Waals surface area contributed by atoms with Gasteiger partial charge < -0.3 is 4.98 Å². The van der Waals surface area contributed by atoms with Gasteiger partial charge in [-0.3, -0.25) is 9.47 Å². The highest BCUT2D eigenvalue weighted by Gasteiger charge is 2.24. The molecule has 5 rings (SSSR count). The number of nitrogens with one attached hydrogen (secondary N) is 2. The average Bonchev–Trinajstić information content (AvgIpc) is 3.23. The third-order valence-electron chi connectivity index (χ3n) is 7.41. The summed E-state index contributed by atoms with van der Waals surface area (Å²) in [6.07, 6.45) is 6.68. The topological polar surface area (TPSA) is 99.7 Å². The molecule has 2 aromatic heterocycles. The van der Waals surface area contributed by atoms with Crippen molar-refractivity contribution in [2.45, 2.75) is 51.6 Å². The molecule has 0 saturated carbocycles. The van der Waals surface area contributed by atoms with E-state index in [4.69, 9.17) is 0 Å². The standard InChI is InChI=1S/C30H34N6O2/c1-3-4-6-11-26-21(2)36(30(38)31-26)25-16-18-35(19-17-25)20-22-12-14-24(15-13-22)28-27(32-29(37)34-33-28)23-9-7-5-8-10-23/h3,5,7-10,12-15,25H,1,4,6,11,16-20H2,2H3,(H,31,38)(H,32,34,37). The summed E-state index contributed by atoms with van der Waals surface area (Å²) in [5.74, 6) is 0. The van der Waals surface area contributed by atoms with Crippen LogP contribution in [0.2, 0.25) is 0 Å². The molecule has 0 spiro atoms. The van der Waals surface area contributed by atoms with Crippen LogP contribution < -0.4 is 11.4 Å². The molecule has 0 unspecified atom stereocenters. The minimum atomic E-state index is -0.464. The van der Waals surface area contributed by atoms with Crippen molar-refractivity contribution in [1.82, 2.24) is 29.6 Å². The third kappa shape index (κ3) is 5.60. The Morgan fingerprint density at radius 3 is 2.42 bits per heavy atom. The van der Waals surface area contributed by atoms with Crippen molar-refractivity contribution in [1.29, 1.82) is 0 Å². The van der Waals surface area contributed by atoms with E-state index in [9.17, 15) is 9.59 Å². The molecule has 0 radical (unpaired) electrons. The van der Waals surface area contributed by atoms with Gasteiger partial charge >= 0.3 is 11.4 Å². The molecule has 0 bridgehead atoms. The molecule has 3 heterocycles. The van der Waals surface area contributed by atoms with Crippen molar-refractivity contribution in [3.8, 4) is 22.5 Å². The summed E-state index contributed by atoms with van der Waals surface area (Å²) in [7, 11) is 0. The van der Waals surface area contributed by atoms with E-state index in [1.807, 2.05) is 53.1 Å². The lowest BCUT2D eigenvalue weighted by atomic mass is 10.0. The van der Waals surface area contributed by atoms with E-state index in [1.54, 1.807) is 0 Å². The number of aromatic nitrogens is 5. The second-order valence-electron chi connectivity index (χ2n) is 9.95. The van der Waals surface area contributed by atoms with Gasteiger partial charge in [-0.25, -0.2) is 14.7 Å². The highest BCUT2D eigenvalue weighted by atomic mass is 16.1. The Kier molecular flexibility index (Phi) is 7.79. The molecule has 2 N–H and O–H groups in total. The summed E-state index contributed by atoms with van der Waals surface area (Å²) < 4.78 is 1.98. The van der Waals surface area contributed by atoms with Gasteiger partial charge in [-0.15, -0.1) is 6.58 Å². The number of allylic oxidation sites excluding steroid dienone is 1. The van der Waals surface area contributed by atoms with Gasteiger partial charge in [0, 0.05) is 48.2 Å². The molecule has 1 aliphatic rings. The summed E-state index contributed by atoms with van der Waals surface area (Å²) in [5, 5.41) is 6.77. The van der Waals surface area contributed by atoms with Crippen molar-refractivity contribution in [2.75, 3.05) is 13.1 Å². The summed E-state index contributed by atoms with van der Waals surface area (Å²) in [5.41, 5.74) is 5.89. The molecule has 4 aromatic rings. The maximum absolute atomic E-state index is 12.7. The number of hydrogen-bond acceptors (Lipinski definition) is 5. The number of likely N-dealkylation sites (tertiary alicyclic amines) is 1. The van der Waals surface area contributed by atoms with Crippen LogP contribution in [0.4, 0.5) is 0 Å². The number of piperidine rings is 1. The van der Waals surface area contributed by atoms with Crippen LogP contribution in [0.3, 0.4) is 0 Å². The molecule has 0 atom stereocenters. The zero-order chi connectivity index (χ0) is 26.5. The van der Waals surface area contributed by atoms with E-state index < -0.39 is 5.69 Å². The molecule has 1 fully saturated rings. The maximum Gasteiger partial charge on any atom is 0.361 e. The zero-order valence-electron chi connectivity index (χ0n) is 21.8. The average molecular weight is 511 g/mol. The predicted molar refractivity (Wildman–Crippen MR) is 150 cm³/mol. The number of benzene rings is 2. The van der Waals surface area contributed by atoms with Gasteiger partial charge in [-0.05, 0) is 44.6 Å². The monoisotopic (exact) mass is 510 g/mol. The molecular formula is C30H34N6O2. The first kappa shape index (κ1) is 25.6. The molecule has 0 aliphatic carbocycles. The molecular weight excluding hydrogens is 476 g/mol. The van der Waals surface area contributed by atoms with Crippen LogP contribution in [0, 0.1) is 6.92 Å². The second kappa shape index (κ2) is 11.6. The fourth-order valence-corrected chi connectivity index (χ4v) is 5.38. The lowest BCUT2D eigenvalue weighted by Crippen LogP contribution is -2.37. The van der Waals surface area contributed by atoms with Crippen LogP contribution in [-0.4, -0.2) is 42.7 Å². The Morgan fingerprint density at radius 1 is 1.00 bits per heavy atom. The van der Waals surface area contributed by atoms with Gasteiger partial charge in [-0.2, -0.15) is 10.1 Å². The first-order valence-corrected chi connectivity index (χ1v) is 13.3. The van der Waals surface area contributed by atoms with E-state index in [1.165, 1.54) is 5.56 Å². The highest BCUT2D eigenvalue weighted by molar-refractivity contribution is 5.77. The Balaban J connectivity index is 1.23. The van der Waals surface area contributed by atoms with E-state index in [2.05, 4.69) is 50.7 Å². The number of rotatable bonds is 9. The fourth-order valence-electron chi connectivity index (χ4n) is 5.38. The van der Waals surface area contributed by atoms with Gasteiger partial charge in [0.1, 0.15) is 11.4 Å². The fraction of sp³-hybridized carbons (Fsp3) is 0.333. The van der Waals surface area contributed by atoms with Gasteiger partial charge in [-0.1, -0.05) is 60.7 Å². The zero-order valence-corrected chi connectivity index (χ0v) is 21.8. The molecule has 8 nitrogen and oxygen atoms in total. The molecule has 2 aromatic carbocycles. The van der Waals surface area contributed by atoms with Gasteiger partial charge in [0.25, 0.3) is 0 Å². The minimum absolute atomic E-state index is 0.0189.